The van der Waals surface area contributed by atoms with Gasteiger partial charge in [-0.15, -0.1) is 0 Å². The molecule has 1 fully saturated rings. The largest absolute Gasteiger partial charge is 0.378 e. The summed E-state index contributed by atoms with van der Waals surface area (Å²) in [6.07, 6.45) is 6.32. The lowest BCUT2D eigenvalue weighted by atomic mass is 9.99. The molecule has 0 radical (unpaired) electrons. The standard InChI is InChI=1S/C16H24BrNO/c1-2-9-18-15(12-16-4-3-10-19-16)11-13-5-7-14(17)8-6-13/h5-8,15-16,18H,2-4,9-12H2,1H3. The summed E-state index contributed by atoms with van der Waals surface area (Å²) in [4.78, 5) is 0. The lowest BCUT2D eigenvalue weighted by molar-refractivity contribution is 0.0946. The Morgan fingerprint density at radius 1 is 1.37 bits per heavy atom. The third kappa shape index (κ3) is 5.25. The van der Waals surface area contributed by atoms with Crippen LogP contribution in [0.25, 0.3) is 0 Å². The van der Waals surface area contributed by atoms with E-state index in [1.54, 1.807) is 0 Å². The number of nitrogens with one attached hydrogen (secondary N) is 1. The molecule has 2 nitrogen and oxygen atoms in total. The average molecular weight is 326 g/mol. The molecular formula is C16H24BrNO. The molecule has 1 saturated heterocycles. The summed E-state index contributed by atoms with van der Waals surface area (Å²) in [6, 6.07) is 9.20. The van der Waals surface area contributed by atoms with Gasteiger partial charge in [-0.1, -0.05) is 35.0 Å². The van der Waals surface area contributed by atoms with Crippen molar-refractivity contribution in [1.29, 1.82) is 0 Å². The van der Waals surface area contributed by atoms with E-state index >= 15 is 0 Å². The third-order valence-electron chi connectivity index (χ3n) is 3.65. The number of benzene rings is 1. The van der Waals surface area contributed by atoms with Crippen LogP contribution in [0.5, 0.6) is 0 Å². The van der Waals surface area contributed by atoms with E-state index in [9.17, 15) is 0 Å². The molecule has 0 saturated carbocycles. The predicted molar refractivity (Wildman–Crippen MR) is 83.5 cm³/mol. The minimum absolute atomic E-state index is 0.463. The number of hydrogen-bond donors (Lipinski definition) is 1. The van der Waals surface area contributed by atoms with Crippen molar-refractivity contribution >= 4 is 15.9 Å². The molecular weight excluding hydrogens is 302 g/mol. The number of ether oxygens (including phenoxy) is 1. The molecule has 2 atom stereocenters. The molecule has 1 N–H and O–H groups in total. The van der Waals surface area contributed by atoms with Crippen molar-refractivity contribution in [3.05, 3.63) is 34.3 Å². The van der Waals surface area contributed by atoms with Gasteiger partial charge in [-0.2, -0.15) is 0 Å². The minimum atomic E-state index is 0.463. The highest BCUT2D eigenvalue weighted by Crippen LogP contribution is 2.19. The fourth-order valence-corrected chi connectivity index (χ4v) is 2.90. The first kappa shape index (κ1) is 15.0. The zero-order valence-electron chi connectivity index (χ0n) is 11.7. The maximum atomic E-state index is 5.77. The van der Waals surface area contributed by atoms with Gasteiger partial charge in [0.15, 0.2) is 0 Å². The molecule has 0 spiro atoms. The highest BCUT2D eigenvalue weighted by atomic mass is 79.9. The van der Waals surface area contributed by atoms with E-state index in [1.807, 2.05) is 0 Å². The van der Waals surface area contributed by atoms with Crippen LogP contribution in [-0.2, 0) is 11.2 Å². The fourth-order valence-electron chi connectivity index (χ4n) is 2.64. The van der Waals surface area contributed by atoms with Crippen molar-refractivity contribution in [2.24, 2.45) is 0 Å². The lowest BCUT2D eigenvalue weighted by Crippen LogP contribution is -2.35. The molecule has 0 bridgehead atoms. The quantitative estimate of drug-likeness (QED) is 0.820. The van der Waals surface area contributed by atoms with Crippen molar-refractivity contribution in [2.45, 2.75) is 51.2 Å². The van der Waals surface area contributed by atoms with E-state index in [-0.39, 0.29) is 0 Å². The van der Waals surface area contributed by atoms with E-state index in [2.05, 4.69) is 52.4 Å². The Morgan fingerprint density at radius 2 is 2.16 bits per heavy atom. The molecule has 1 aliphatic heterocycles. The molecule has 3 heteroatoms. The van der Waals surface area contributed by atoms with E-state index in [4.69, 9.17) is 4.74 Å². The van der Waals surface area contributed by atoms with Crippen LogP contribution in [0.2, 0.25) is 0 Å². The minimum Gasteiger partial charge on any atom is -0.378 e. The molecule has 2 rings (SSSR count). The Bertz CT molecular complexity index is 360. The zero-order valence-corrected chi connectivity index (χ0v) is 13.3. The Labute approximate surface area is 125 Å². The fraction of sp³-hybridized carbons (Fsp3) is 0.625. The van der Waals surface area contributed by atoms with E-state index in [0.29, 0.717) is 12.1 Å². The second kappa shape index (κ2) is 8.03. The van der Waals surface area contributed by atoms with Gasteiger partial charge in [-0.25, -0.2) is 0 Å². The summed E-state index contributed by atoms with van der Waals surface area (Å²) in [6.45, 7) is 4.26. The Kier molecular flexibility index (Phi) is 6.35. The van der Waals surface area contributed by atoms with Gasteiger partial charge in [-0.05, 0) is 56.3 Å². The van der Waals surface area contributed by atoms with Gasteiger partial charge < -0.3 is 10.1 Å². The molecule has 0 aliphatic carbocycles. The molecule has 0 amide bonds. The van der Waals surface area contributed by atoms with Crippen LogP contribution < -0.4 is 5.32 Å². The van der Waals surface area contributed by atoms with Gasteiger partial charge in [0.2, 0.25) is 0 Å². The van der Waals surface area contributed by atoms with Gasteiger partial charge in [-0.3, -0.25) is 0 Å². The number of rotatable bonds is 7. The van der Waals surface area contributed by atoms with Crippen LogP contribution in [0, 0.1) is 0 Å². The summed E-state index contributed by atoms with van der Waals surface area (Å²) >= 11 is 3.49. The van der Waals surface area contributed by atoms with Gasteiger partial charge >= 0.3 is 0 Å². The maximum absolute atomic E-state index is 5.77. The Morgan fingerprint density at radius 3 is 2.79 bits per heavy atom. The van der Waals surface area contributed by atoms with Crippen LogP contribution in [0.3, 0.4) is 0 Å². The van der Waals surface area contributed by atoms with Gasteiger partial charge in [0.1, 0.15) is 0 Å². The number of hydrogen-bond acceptors (Lipinski definition) is 2. The Hall–Kier alpha value is -0.380. The van der Waals surface area contributed by atoms with E-state index < -0.39 is 0 Å². The lowest BCUT2D eigenvalue weighted by Gasteiger charge is -2.22. The molecule has 2 unspecified atom stereocenters. The van der Waals surface area contributed by atoms with Crippen LogP contribution in [0.15, 0.2) is 28.7 Å². The summed E-state index contributed by atoms with van der Waals surface area (Å²) in [7, 11) is 0. The highest BCUT2D eigenvalue weighted by Gasteiger charge is 2.20. The first-order chi connectivity index (χ1) is 9.28. The molecule has 1 heterocycles. The molecule has 1 aromatic rings. The SMILES string of the molecule is CCCNC(Cc1ccc(Br)cc1)CC1CCCO1. The van der Waals surface area contributed by atoms with Crippen LogP contribution in [-0.4, -0.2) is 25.3 Å². The van der Waals surface area contributed by atoms with E-state index in [0.717, 1.165) is 30.5 Å². The Balaban J connectivity index is 1.89. The molecule has 106 valence electrons. The van der Waals surface area contributed by atoms with Crippen molar-refractivity contribution < 1.29 is 4.74 Å². The van der Waals surface area contributed by atoms with Crippen molar-refractivity contribution in [3.8, 4) is 0 Å². The summed E-state index contributed by atoms with van der Waals surface area (Å²) < 4.78 is 6.92. The van der Waals surface area contributed by atoms with Crippen molar-refractivity contribution in [3.63, 3.8) is 0 Å². The first-order valence-electron chi connectivity index (χ1n) is 7.37. The number of halogens is 1. The highest BCUT2D eigenvalue weighted by molar-refractivity contribution is 9.10. The molecule has 1 aromatic carbocycles. The summed E-state index contributed by atoms with van der Waals surface area (Å²) in [5.74, 6) is 0. The van der Waals surface area contributed by atoms with Crippen molar-refractivity contribution in [1.82, 2.24) is 5.32 Å². The topological polar surface area (TPSA) is 21.3 Å². The van der Waals surface area contributed by atoms with Gasteiger partial charge in [0, 0.05) is 17.1 Å². The smallest absolute Gasteiger partial charge is 0.0590 e. The molecule has 0 aromatic heterocycles. The monoisotopic (exact) mass is 325 g/mol. The summed E-state index contributed by atoms with van der Waals surface area (Å²) in [5.41, 5.74) is 1.40. The first-order valence-corrected chi connectivity index (χ1v) is 8.16. The molecule has 1 aliphatic rings. The normalized spacial score (nSPS) is 20.6. The second-order valence-corrected chi connectivity index (χ2v) is 6.27. The van der Waals surface area contributed by atoms with E-state index in [1.165, 1.54) is 24.8 Å². The van der Waals surface area contributed by atoms with Crippen LogP contribution >= 0.6 is 15.9 Å². The zero-order chi connectivity index (χ0) is 13.5. The molecule has 19 heavy (non-hydrogen) atoms. The van der Waals surface area contributed by atoms with Gasteiger partial charge in [0.05, 0.1) is 6.10 Å². The predicted octanol–water partition coefficient (Wildman–Crippen LogP) is 3.93. The second-order valence-electron chi connectivity index (χ2n) is 5.35. The van der Waals surface area contributed by atoms with Gasteiger partial charge in [0.25, 0.3) is 0 Å². The maximum Gasteiger partial charge on any atom is 0.0590 e. The van der Waals surface area contributed by atoms with Crippen molar-refractivity contribution in [2.75, 3.05) is 13.2 Å². The third-order valence-corrected chi connectivity index (χ3v) is 4.18. The average Bonchev–Trinajstić information content (AvgIpc) is 2.91. The van der Waals surface area contributed by atoms with Crippen LogP contribution in [0.4, 0.5) is 0 Å². The summed E-state index contributed by atoms with van der Waals surface area (Å²) in [5, 5.41) is 3.67. The van der Waals surface area contributed by atoms with Crippen LogP contribution in [0.1, 0.15) is 38.2 Å².